The van der Waals surface area contributed by atoms with Gasteiger partial charge in [0.15, 0.2) is 0 Å². The van der Waals surface area contributed by atoms with Gasteiger partial charge in [-0.3, -0.25) is 4.79 Å². The standard InChI is InChI=1S/C20H23F3N2O2/c1-25(2)12-16-5-3-15(4-6-16)11-24-19(26)18-9-7-17(8-10-18)13-27-14-20(21,22)23/h3-10H,11-14H2,1-2H3,(H,24,26). The van der Waals surface area contributed by atoms with Gasteiger partial charge in [0.25, 0.3) is 5.91 Å². The molecule has 1 N–H and O–H groups in total. The number of hydrogen-bond acceptors (Lipinski definition) is 3. The minimum absolute atomic E-state index is 0.152. The van der Waals surface area contributed by atoms with Gasteiger partial charge in [-0.25, -0.2) is 0 Å². The van der Waals surface area contributed by atoms with Crippen molar-refractivity contribution in [2.45, 2.75) is 25.9 Å². The highest BCUT2D eigenvalue weighted by Gasteiger charge is 2.27. The number of alkyl halides is 3. The number of nitrogens with one attached hydrogen (secondary N) is 1. The molecule has 146 valence electrons. The number of carbonyl (C=O) groups excluding carboxylic acids is 1. The van der Waals surface area contributed by atoms with Crippen LogP contribution in [0.3, 0.4) is 0 Å². The fourth-order valence-corrected chi connectivity index (χ4v) is 2.45. The Morgan fingerprint density at radius 1 is 0.963 bits per heavy atom. The van der Waals surface area contributed by atoms with Gasteiger partial charge < -0.3 is 15.0 Å². The Bertz CT molecular complexity index is 726. The Balaban J connectivity index is 1.81. The van der Waals surface area contributed by atoms with Gasteiger partial charge in [0.05, 0.1) is 6.61 Å². The molecule has 0 heterocycles. The first-order valence-corrected chi connectivity index (χ1v) is 8.47. The van der Waals surface area contributed by atoms with E-state index in [2.05, 4.69) is 15.0 Å². The Morgan fingerprint density at radius 2 is 1.52 bits per heavy atom. The minimum Gasteiger partial charge on any atom is -0.367 e. The molecule has 0 aliphatic carbocycles. The summed E-state index contributed by atoms with van der Waals surface area (Å²) in [4.78, 5) is 14.3. The van der Waals surface area contributed by atoms with Crippen LogP contribution in [0, 0.1) is 0 Å². The first-order chi connectivity index (χ1) is 12.7. The summed E-state index contributed by atoms with van der Waals surface area (Å²) in [7, 11) is 4.00. The summed E-state index contributed by atoms with van der Waals surface area (Å²) in [5.41, 5.74) is 3.20. The van der Waals surface area contributed by atoms with Crippen LogP contribution in [0.25, 0.3) is 0 Å². The van der Waals surface area contributed by atoms with Crippen LogP contribution >= 0.6 is 0 Å². The van der Waals surface area contributed by atoms with Crippen LogP contribution in [-0.2, 0) is 24.4 Å². The third-order valence-corrected chi connectivity index (χ3v) is 3.73. The largest absolute Gasteiger partial charge is 0.411 e. The maximum absolute atomic E-state index is 12.2. The zero-order valence-corrected chi connectivity index (χ0v) is 15.3. The molecule has 0 fully saturated rings. The average Bonchev–Trinajstić information content (AvgIpc) is 2.60. The smallest absolute Gasteiger partial charge is 0.367 e. The highest BCUT2D eigenvalue weighted by molar-refractivity contribution is 5.94. The van der Waals surface area contributed by atoms with Crippen LogP contribution in [0.15, 0.2) is 48.5 Å². The molecule has 4 nitrogen and oxygen atoms in total. The van der Waals surface area contributed by atoms with Crippen LogP contribution in [0.5, 0.6) is 0 Å². The maximum Gasteiger partial charge on any atom is 0.411 e. The second kappa shape index (κ2) is 9.53. The van der Waals surface area contributed by atoms with Crippen molar-refractivity contribution in [1.82, 2.24) is 10.2 Å². The van der Waals surface area contributed by atoms with Crippen molar-refractivity contribution in [3.05, 3.63) is 70.8 Å². The fourth-order valence-electron chi connectivity index (χ4n) is 2.45. The van der Waals surface area contributed by atoms with Gasteiger partial charge in [0, 0.05) is 18.7 Å². The highest BCUT2D eigenvalue weighted by atomic mass is 19.4. The normalized spacial score (nSPS) is 11.6. The van der Waals surface area contributed by atoms with Crippen molar-refractivity contribution in [2.24, 2.45) is 0 Å². The molecule has 0 radical (unpaired) electrons. The summed E-state index contributed by atoms with van der Waals surface area (Å²) >= 11 is 0. The highest BCUT2D eigenvalue weighted by Crippen LogP contribution is 2.16. The van der Waals surface area contributed by atoms with Gasteiger partial charge in [-0.1, -0.05) is 36.4 Å². The molecule has 0 saturated carbocycles. The third kappa shape index (κ3) is 7.80. The molecule has 0 atom stereocenters. The molecule has 2 aromatic rings. The fraction of sp³-hybridized carbons (Fsp3) is 0.350. The van der Waals surface area contributed by atoms with Crippen molar-refractivity contribution < 1.29 is 22.7 Å². The first-order valence-electron chi connectivity index (χ1n) is 8.47. The number of rotatable bonds is 8. The number of halogens is 3. The van der Waals surface area contributed by atoms with E-state index in [0.717, 1.165) is 12.1 Å². The first kappa shape index (κ1) is 20.9. The van der Waals surface area contributed by atoms with Crippen LogP contribution in [-0.4, -0.2) is 37.7 Å². The maximum atomic E-state index is 12.2. The van der Waals surface area contributed by atoms with E-state index in [-0.39, 0.29) is 12.5 Å². The molecule has 0 unspecified atom stereocenters. The van der Waals surface area contributed by atoms with Gasteiger partial charge in [-0.05, 0) is 42.9 Å². The Hall–Kier alpha value is -2.38. The number of ether oxygens (including phenoxy) is 1. The van der Waals surface area contributed by atoms with Crippen molar-refractivity contribution in [1.29, 1.82) is 0 Å². The van der Waals surface area contributed by atoms with Gasteiger partial charge in [0.1, 0.15) is 6.61 Å². The van der Waals surface area contributed by atoms with Crippen molar-refractivity contribution in [3.63, 3.8) is 0 Å². The molecule has 27 heavy (non-hydrogen) atoms. The molecule has 0 saturated heterocycles. The second-order valence-corrected chi connectivity index (χ2v) is 6.54. The quantitative estimate of drug-likeness (QED) is 0.758. The van der Waals surface area contributed by atoms with Gasteiger partial charge in [-0.15, -0.1) is 0 Å². The summed E-state index contributed by atoms with van der Waals surface area (Å²) in [6.45, 7) is -0.188. The van der Waals surface area contributed by atoms with Gasteiger partial charge in [0.2, 0.25) is 0 Å². The lowest BCUT2D eigenvalue weighted by Crippen LogP contribution is -2.22. The number of hydrogen-bond donors (Lipinski definition) is 1. The van der Waals surface area contributed by atoms with E-state index in [4.69, 9.17) is 0 Å². The average molecular weight is 380 g/mol. The van der Waals surface area contributed by atoms with Crippen LogP contribution < -0.4 is 5.32 Å². The van der Waals surface area contributed by atoms with Crippen molar-refractivity contribution in [2.75, 3.05) is 20.7 Å². The van der Waals surface area contributed by atoms with E-state index in [1.807, 2.05) is 38.4 Å². The topological polar surface area (TPSA) is 41.6 Å². The van der Waals surface area contributed by atoms with E-state index < -0.39 is 12.8 Å². The summed E-state index contributed by atoms with van der Waals surface area (Å²) in [6, 6.07) is 14.3. The van der Waals surface area contributed by atoms with E-state index in [0.29, 0.717) is 17.7 Å². The SMILES string of the molecule is CN(C)Cc1ccc(CNC(=O)c2ccc(COCC(F)(F)F)cc2)cc1. The number of carbonyl (C=O) groups is 1. The van der Waals surface area contributed by atoms with E-state index in [9.17, 15) is 18.0 Å². The molecule has 1 amide bonds. The van der Waals surface area contributed by atoms with Crippen molar-refractivity contribution in [3.8, 4) is 0 Å². The van der Waals surface area contributed by atoms with Gasteiger partial charge >= 0.3 is 6.18 Å². The molecule has 0 bridgehead atoms. The number of benzene rings is 2. The number of amides is 1. The molecular weight excluding hydrogens is 357 g/mol. The summed E-state index contributed by atoms with van der Waals surface area (Å²) < 4.78 is 40.7. The lowest BCUT2D eigenvalue weighted by atomic mass is 10.1. The Morgan fingerprint density at radius 3 is 2.07 bits per heavy atom. The molecule has 2 aromatic carbocycles. The van der Waals surface area contributed by atoms with E-state index in [1.54, 1.807) is 24.3 Å². The molecule has 7 heteroatoms. The summed E-state index contributed by atoms with van der Waals surface area (Å²) in [5.74, 6) is -0.241. The third-order valence-electron chi connectivity index (χ3n) is 3.73. The Labute approximate surface area is 156 Å². The van der Waals surface area contributed by atoms with Crippen LogP contribution in [0.1, 0.15) is 27.0 Å². The van der Waals surface area contributed by atoms with Crippen LogP contribution in [0.4, 0.5) is 13.2 Å². The molecule has 0 aromatic heterocycles. The van der Waals surface area contributed by atoms with E-state index in [1.165, 1.54) is 5.56 Å². The monoisotopic (exact) mass is 380 g/mol. The van der Waals surface area contributed by atoms with E-state index >= 15 is 0 Å². The lowest BCUT2D eigenvalue weighted by Gasteiger charge is -2.11. The predicted octanol–water partition coefficient (Wildman–Crippen LogP) is 3.76. The molecular formula is C20H23F3N2O2. The predicted molar refractivity (Wildman–Crippen MR) is 97.2 cm³/mol. The molecule has 0 aliphatic rings. The Kier molecular flexibility index (Phi) is 7.38. The van der Waals surface area contributed by atoms with Crippen LogP contribution in [0.2, 0.25) is 0 Å². The molecule has 0 spiro atoms. The second-order valence-electron chi connectivity index (χ2n) is 6.54. The lowest BCUT2D eigenvalue weighted by molar-refractivity contribution is -0.176. The number of nitrogens with zero attached hydrogens (tertiary/aromatic N) is 1. The summed E-state index contributed by atoms with van der Waals surface area (Å²) in [5, 5.41) is 2.83. The zero-order valence-electron chi connectivity index (χ0n) is 15.3. The molecule has 2 rings (SSSR count). The minimum atomic E-state index is -4.34. The zero-order chi connectivity index (χ0) is 19.9. The summed E-state index contributed by atoms with van der Waals surface area (Å²) in [6.07, 6.45) is -4.34. The van der Waals surface area contributed by atoms with Crippen molar-refractivity contribution >= 4 is 5.91 Å². The molecule has 0 aliphatic heterocycles. The van der Waals surface area contributed by atoms with Gasteiger partial charge in [-0.2, -0.15) is 13.2 Å².